The molecule has 5 nitrogen and oxygen atoms in total. The highest BCUT2D eigenvalue weighted by molar-refractivity contribution is 7.15. The quantitative estimate of drug-likeness (QED) is 0.667. The molecule has 3 heterocycles. The largest absolute Gasteiger partial charge is 0.472 e. The Labute approximate surface area is 156 Å². The molecule has 1 aliphatic rings. The molecule has 0 N–H and O–H groups in total. The zero-order valence-electron chi connectivity index (χ0n) is 14.7. The average molecular weight is 367 g/mol. The standard InChI is InChI=1S/C20H21N3O2S/c1-15-4-6-17(7-5-15)23(19(24)16-8-11-25-14-16)13-18-12-21-20(26-18)22-9-2-3-10-22/h4-8,11-12,14H,2-3,9-10,13H2,1H3. The van der Waals surface area contributed by atoms with Crippen molar-refractivity contribution in [2.24, 2.45) is 0 Å². The first kappa shape index (κ1) is 16.8. The average Bonchev–Trinajstić information content (AvgIpc) is 3.42. The molecule has 1 aliphatic heterocycles. The van der Waals surface area contributed by atoms with Crippen molar-refractivity contribution in [3.63, 3.8) is 0 Å². The monoisotopic (exact) mass is 367 g/mol. The van der Waals surface area contributed by atoms with E-state index >= 15 is 0 Å². The molecule has 0 bridgehead atoms. The highest BCUT2D eigenvalue weighted by Crippen LogP contribution is 2.29. The summed E-state index contributed by atoms with van der Waals surface area (Å²) in [6.45, 7) is 4.68. The minimum Gasteiger partial charge on any atom is -0.472 e. The van der Waals surface area contributed by atoms with Gasteiger partial charge in [0.05, 0.1) is 18.4 Å². The molecule has 134 valence electrons. The fraction of sp³-hybridized carbons (Fsp3) is 0.300. The van der Waals surface area contributed by atoms with Crippen molar-refractivity contribution in [2.45, 2.75) is 26.3 Å². The molecule has 0 unspecified atom stereocenters. The van der Waals surface area contributed by atoms with E-state index in [1.807, 2.05) is 37.4 Å². The summed E-state index contributed by atoms with van der Waals surface area (Å²) in [6, 6.07) is 9.71. The second-order valence-electron chi connectivity index (χ2n) is 6.54. The van der Waals surface area contributed by atoms with Gasteiger partial charge in [-0.25, -0.2) is 4.98 Å². The number of hydrogen-bond donors (Lipinski definition) is 0. The number of thiazole rings is 1. The van der Waals surface area contributed by atoms with E-state index in [4.69, 9.17) is 4.42 Å². The number of anilines is 2. The predicted molar refractivity (Wildman–Crippen MR) is 104 cm³/mol. The van der Waals surface area contributed by atoms with Crippen LogP contribution in [0.15, 0.2) is 53.5 Å². The van der Waals surface area contributed by atoms with E-state index in [-0.39, 0.29) is 5.91 Å². The molecular formula is C20H21N3O2S. The van der Waals surface area contributed by atoms with Gasteiger partial charge in [-0.05, 0) is 38.0 Å². The van der Waals surface area contributed by atoms with E-state index in [2.05, 4.69) is 9.88 Å². The number of hydrogen-bond acceptors (Lipinski definition) is 5. The highest BCUT2D eigenvalue weighted by Gasteiger charge is 2.21. The minimum atomic E-state index is -0.0706. The van der Waals surface area contributed by atoms with Crippen molar-refractivity contribution in [3.8, 4) is 0 Å². The van der Waals surface area contributed by atoms with Gasteiger partial charge in [-0.15, -0.1) is 11.3 Å². The molecule has 2 aromatic heterocycles. The third-order valence-electron chi connectivity index (χ3n) is 4.59. The Hall–Kier alpha value is -2.60. The van der Waals surface area contributed by atoms with Crippen LogP contribution in [0, 0.1) is 6.92 Å². The summed E-state index contributed by atoms with van der Waals surface area (Å²) in [4.78, 5) is 22.7. The summed E-state index contributed by atoms with van der Waals surface area (Å²) >= 11 is 1.67. The number of furan rings is 1. The molecule has 0 saturated carbocycles. The van der Waals surface area contributed by atoms with Gasteiger partial charge >= 0.3 is 0 Å². The van der Waals surface area contributed by atoms with Gasteiger partial charge in [0.25, 0.3) is 5.91 Å². The fourth-order valence-electron chi connectivity index (χ4n) is 3.13. The van der Waals surface area contributed by atoms with E-state index in [1.165, 1.54) is 30.9 Å². The third-order valence-corrected chi connectivity index (χ3v) is 5.63. The first-order valence-electron chi connectivity index (χ1n) is 8.81. The van der Waals surface area contributed by atoms with Crippen LogP contribution < -0.4 is 9.80 Å². The van der Waals surface area contributed by atoms with E-state index in [0.717, 1.165) is 28.8 Å². The Bertz CT molecular complexity index is 865. The number of carbonyl (C=O) groups excluding carboxylic acids is 1. The molecule has 0 atom stereocenters. The summed E-state index contributed by atoms with van der Waals surface area (Å²) in [7, 11) is 0. The molecule has 1 aromatic carbocycles. The van der Waals surface area contributed by atoms with E-state index in [0.29, 0.717) is 12.1 Å². The molecule has 4 rings (SSSR count). The lowest BCUT2D eigenvalue weighted by atomic mass is 10.2. The molecule has 6 heteroatoms. The summed E-state index contributed by atoms with van der Waals surface area (Å²) in [5.41, 5.74) is 2.59. The molecule has 1 amide bonds. The van der Waals surface area contributed by atoms with Crippen LogP contribution in [0.4, 0.5) is 10.8 Å². The maximum absolute atomic E-state index is 13.0. The lowest BCUT2D eigenvalue weighted by molar-refractivity contribution is 0.0985. The van der Waals surface area contributed by atoms with Crippen molar-refractivity contribution in [2.75, 3.05) is 22.9 Å². The predicted octanol–water partition coefficient (Wildman–Crippen LogP) is 4.49. The Kier molecular flexibility index (Phi) is 4.75. The highest BCUT2D eigenvalue weighted by atomic mass is 32.1. The van der Waals surface area contributed by atoms with Crippen molar-refractivity contribution in [1.29, 1.82) is 0 Å². The van der Waals surface area contributed by atoms with Crippen LogP contribution in [0.2, 0.25) is 0 Å². The first-order chi connectivity index (χ1) is 12.7. The van der Waals surface area contributed by atoms with E-state index < -0.39 is 0 Å². The van der Waals surface area contributed by atoms with Crippen molar-refractivity contribution in [3.05, 3.63) is 65.1 Å². The number of aryl methyl sites for hydroxylation is 1. The van der Waals surface area contributed by atoms with Gasteiger partial charge in [-0.1, -0.05) is 17.7 Å². The molecule has 26 heavy (non-hydrogen) atoms. The van der Waals surface area contributed by atoms with Crippen molar-refractivity contribution >= 4 is 28.1 Å². The summed E-state index contributed by atoms with van der Waals surface area (Å²) in [5.74, 6) is -0.0706. The SMILES string of the molecule is Cc1ccc(N(Cc2cnc(N3CCCC3)s2)C(=O)c2ccoc2)cc1. The summed E-state index contributed by atoms with van der Waals surface area (Å²) < 4.78 is 5.10. The van der Waals surface area contributed by atoms with Crippen LogP contribution in [-0.2, 0) is 6.54 Å². The van der Waals surface area contributed by atoms with Crippen LogP contribution in [0.1, 0.15) is 33.6 Å². The number of nitrogens with zero attached hydrogens (tertiary/aromatic N) is 3. The molecule has 0 spiro atoms. The summed E-state index contributed by atoms with van der Waals surface area (Å²) in [6.07, 6.45) is 7.36. The fourth-order valence-corrected chi connectivity index (χ4v) is 4.08. The molecular weight excluding hydrogens is 346 g/mol. The number of aromatic nitrogens is 1. The van der Waals surface area contributed by atoms with Crippen LogP contribution in [0.3, 0.4) is 0 Å². The van der Waals surface area contributed by atoms with Gasteiger partial charge in [0.2, 0.25) is 0 Å². The topological polar surface area (TPSA) is 49.6 Å². The second kappa shape index (κ2) is 7.33. The van der Waals surface area contributed by atoms with Gasteiger partial charge < -0.3 is 14.2 Å². The normalized spacial score (nSPS) is 14.0. The van der Waals surface area contributed by atoms with Gasteiger partial charge in [0, 0.05) is 29.9 Å². The molecule has 3 aromatic rings. The number of rotatable bonds is 5. The zero-order chi connectivity index (χ0) is 17.9. The van der Waals surface area contributed by atoms with E-state index in [1.54, 1.807) is 22.3 Å². The Morgan fingerprint density at radius 2 is 2.00 bits per heavy atom. The van der Waals surface area contributed by atoms with Crippen LogP contribution >= 0.6 is 11.3 Å². The van der Waals surface area contributed by atoms with Gasteiger partial charge in [-0.3, -0.25) is 4.79 Å². The molecule has 1 fully saturated rings. The zero-order valence-corrected chi connectivity index (χ0v) is 15.5. The van der Waals surface area contributed by atoms with Gasteiger partial charge in [0.15, 0.2) is 5.13 Å². The van der Waals surface area contributed by atoms with Crippen LogP contribution in [0.5, 0.6) is 0 Å². The van der Waals surface area contributed by atoms with Crippen molar-refractivity contribution < 1.29 is 9.21 Å². The maximum Gasteiger partial charge on any atom is 0.261 e. The second-order valence-corrected chi connectivity index (χ2v) is 7.64. The number of carbonyl (C=O) groups is 1. The molecule has 1 saturated heterocycles. The minimum absolute atomic E-state index is 0.0706. The van der Waals surface area contributed by atoms with Crippen LogP contribution in [0.25, 0.3) is 0 Å². The third kappa shape index (κ3) is 3.51. The van der Waals surface area contributed by atoms with E-state index in [9.17, 15) is 4.79 Å². The molecule has 0 aliphatic carbocycles. The van der Waals surface area contributed by atoms with Crippen LogP contribution in [-0.4, -0.2) is 24.0 Å². The maximum atomic E-state index is 13.0. The molecule has 0 radical (unpaired) electrons. The van der Waals surface area contributed by atoms with Gasteiger partial charge in [-0.2, -0.15) is 0 Å². The smallest absolute Gasteiger partial charge is 0.261 e. The Morgan fingerprint density at radius 3 is 2.69 bits per heavy atom. The lowest BCUT2D eigenvalue weighted by Gasteiger charge is -2.22. The number of amides is 1. The first-order valence-corrected chi connectivity index (χ1v) is 9.63. The Morgan fingerprint density at radius 1 is 1.23 bits per heavy atom. The summed E-state index contributed by atoms with van der Waals surface area (Å²) in [5, 5.41) is 1.05. The number of benzene rings is 1. The Balaban J connectivity index is 1.60. The van der Waals surface area contributed by atoms with Crippen molar-refractivity contribution in [1.82, 2.24) is 4.98 Å². The van der Waals surface area contributed by atoms with Gasteiger partial charge in [0.1, 0.15) is 6.26 Å². The lowest BCUT2D eigenvalue weighted by Crippen LogP contribution is -2.29.